The predicted molar refractivity (Wildman–Crippen MR) is 135 cm³/mol. The molecule has 0 heterocycles. The van der Waals surface area contributed by atoms with E-state index in [2.05, 4.69) is 0 Å². The fraction of sp³-hybridized carbons (Fsp3) is 0.286. The van der Waals surface area contributed by atoms with Gasteiger partial charge in [-0.25, -0.2) is 13.1 Å². The number of amides is 1. The molecule has 1 aliphatic carbocycles. The summed E-state index contributed by atoms with van der Waals surface area (Å²) >= 11 is 0. The van der Waals surface area contributed by atoms with E-state index in [4.69, 9.17) is 5.26 Å². The molecule has 1 saturated carbocycles. The topological polar surface area (TPSA) is 90.3 Å². The molecule has 1 N–H and O–H groups in total. The molecule has 180 valence electrons. The molecule has 0 unspecified atom stereocenters. The van der Waals surface area contributed by atoms with Crippen molar-refractivity contribution in [2.45, 2.75) is 50.1 Å². The fourth-order valence-electron chi connectivity index (χ4n) is 4.69. The molecule has 0 bridgehead atoms. The average Bonchev–Trinajstić information content (AvgIpc) is 2.89. The number of sulfonamides is 1. The highest BCUT2D eigenvalue weighted by Crippen LogP contribution is 2.29. The predicted octanol–water partition coefficient (Wildman–Crippen LogP) is 5.22. The summed E-state index contributed by atoms with van der Waals surface area (Å²) in [4.78, 5) is 15.4. The minimum atomic E-state index is -3.94. The third-order valence-corrected chi connectivity index (χ3v) is 7.77. The highest BCUT2D eigenvalue weighted by atomic mass is 32.2. The summed E-state index contributed by atoms with van der Waals surface area (Å²) in [5.74, 6) is 0.285. The van der Waals surface area contributed by atoms with Gasteiger partial charge >= 0.3 is 0 Å². The number of benzene rings is 3. The van der Waals surface area contributed by atoms with Crippen LogP contribution >= 0.6 is 0 Å². The zero-order valence-corrected chi connectivity index (χ0v) is 20.4. The number of hydrogen-bond acceptors (Lipinski definition) is 4. The Hall–Kier alpha value is -3.63. The van der Waals surface area contributed by atoms with Gasteiger partial charge in [0.25, 0.3) is 10.0 Å². The largest absolute Gasteiger partial charge is 0.334 e. The van der Waals surface area contributed by atoms with Crippen LogP contribution in [0, 0.1) is 17.4 Å². The molecule has 4 rings (SSSR count). The highest BCUT2D eigenvalue weighted by Gasteiger charge is 2.26. The summed E-state index contributed by atoms with van der Waals surface area (Å²) in [6.07, 6.45) is 6.81. The van der Waals surface area contributed by atoms with E-state index in [1.807, 2.05) is 64.2 Å². The molecule has 35 heavy (non-hydrogen) atoms. The summed E-state index contributed by atoms with van der Waals surface area (Å²) in [5.41, 5.74) is 3.31. The van der Waals surface area contributed by atoms with E-state index in [9.17, 15) is 13.2 Å². The Labute approximate surface area is 207 Å². The number of nitriles is 1. The van der Waals surface area contributed by atoms with Crippen molar-refractivity contribution in [3.63, 3.8) is 0 Å². The molecule has 0 spiro atoms. The van der Waals surface area contributed by atoms with Crippen molar-refractivity contribution in [2.24, 2.45) is 5.92 Å². The molecule has 7 heteroatoms. The van der Waals surface area contributed by atoms with Crippen LogP contribution in [0.1, 0.15) is 43.2 Å². The summed E-state index contributed by atoms with van der Waals surface area (Å²) in [6, 6.07) is 24.2. The summed E-state index contributed by atoms with van der Waals surface area (Å²) in [6.45, 7) is 1.04. The minimum Gasteiger partial charge on any atom is -0.334 e. The lowest BCUT2D eigenvalue weighted by molar-refractivity contribution is -0.137. The minimum absolute atomic E-state index is 0.0486. The zero-order valence-electron chi connectivity index (χ0n) is 19.6. The molecule has 1 amide bonds. The average molecular weight is 488 g/mol. The number of rotatable bonds is 8. The van der Waals surface area contributed by atoms with E-state index < -0.39 is 10.0 Å². The van der Waals surface area contributed by atoms with Crippen molar-refractivity contribution >= 4 is 15.9 Å². The maximum atomic E-state index is 13.4. The van der Waals surface area contributed by atoms with Gasteiger partial charge in [0.05, 0.1) is 4.90 Å². The summed E-state index contributed by atoms with van der Waals surface area (Å²) < 4.78 is 26.8. The van der Waals surface area contributed by atoms with Crippen LogP contribution in [0.15, 0.2) is 83.8 Å². The van der Waals surface area contributed by atoms with Crippen molar-refractivity contribution in [3.05, 3.63) is 90.0 Å². The molecule has 1 aliphatic rings. The number of carbonyl (C=O) groups excluding carboxylic acids is 1. The third kappa shape index (κ3) is 6.09. The quantitative estimate of drug-likeness (QED) is 0.348. The SMILES string of the molecule is N#CNS(=O)(=O)c1ccccc1-c1ccc(CN(Cc2ccccc2)C(=O)C2CCCCC2)cc1. The van der Waals surface area contributed by atoms with Gasteiger partial charge in [-0.15, -0.1) is 0 Å². The molecular weight excluding hydrogens is 458 g/mol. The van der Waals surface area contributed by atoms with Gasteiger partial charge in [-0.3, -0.25) is 4.79 Å². The molecule has 0 saturated heterocycles. The first-order chi connectivity index (χ1) is 17.0. The normalized spacial score (nSPS) is 14.1. The van der Waals surface area contributed by atoms with Crippen molar-refractivity contribution in [2.75, 3.05) is 0 Å². The Balaban J connectivity index is 1.58. The molecule has 6 nitrogen and oxygen atoms in total. The number of nitrogens with zero attached hydrogens (tertiary/aromatic N) is 2. The van der Waals surface area contributed by atoms with Crippen molar-refractivity contribution < 1.29 is 13.2 Å². The van der Waals surface area contributed by atoms with Gasteiger partial charge in [0.15, 0.2) is 6.19 Å². The van der Waals surface area contributed by atoms with Gasteiger partial charge in [0, 0.05) is 24.6 Å². The van der Waals surface area contributed by atoms with E-state index in [-0.39, 0.29) is 16.7 Å². The molecule has 1 fully saturated rings. The lowest BCUT2D eigenvalue weighted by Crippen LogP contribution is -2.36. The molecule has 0 radical (unpaired) electrons. The molecule has 0 atom stereocenters. The van der Waals surface area contributed by atoms with E-state index >= 15 is 0 Å². The number of carbonyl (C=O) groups is 1. The van der Waals surface area contributed by atoms with Crippen molar-refractivity contribution in [1.82, 2.24) is 9.62 Å². The Morgan fingerprint density at radius 3 is 2.11 bits per heavy atom. The first kappa shape index (κ1) is 24.5. The second kappa shape index (κ2) is 11.2. The highest BCUT2D eigenvalue weighted by molar-refractivity contribution is 7.89. The lowest BCUT2D eigenvalue weighted by Gasteiger charge is -2.29. The van der Waals surface area contributed by atoms with Gasteiger partial charge in [-0.05, 0) is 35.6 Å². The van der Waals surface area contributed by atoms with Crippen LogP contribution in [0.3, 0.4) is 0 Å². The second-order valence-electron chi connectivity index (χ2n) is 8.93. The van der Waals surface area contributed by atoms with Gasteiger partial charge < -0.3 is 4.90 Å². The van der Waals surface area contributed by atoms with Crippen LogP contribution in [-0.2, 0) is 27.9 Å². The molecular formula is C28H29N3O3S. The van der Waals surface area contributed by atoms with E-state index in [1.165, 1.54) is 18.7 Å². The Bertz CT molecular complexity index is 1290. The standard InChI is InChI=1S/C28H29N3O3S/c29-21-30-35(33,34)27-14-8-7-13-26(27)24-17-15-23(16-18-24)20-31(19-22-9-3-1-4-10-22)28(32)25-11-5-2-6-12-25/h1,3-4,7-10,13-18,25,30H,2,5-6,11-12,19-20H2. The maximum absolute atomic E-state index is 13.4. The van der Waals surface area contributed by atoms with E-state index in [0.717, 1.165) is 42.4 Å². The van der Waals surface area contributed by atoms with Crippen molar-refractivity contribution in [3.8, 4) is 17.3 Å². The van der Waals surface area contributed by atoms with E-state index in [0.29, 0.717) is 18.7 Å². The molecule has 3 aromatic carbocycles. The summed E-state index contributed by atoms with van der Waals surface area (Å²) in [7, 11) is -3.94. The van der Waals surface area contributed by atoms with Crippen LogP contribution in [0.4, 0.5) is 0 Å². The van der Waals surface area contributed by atoms with E-state index in [1.54, 1.807) is 18.2 Å². The number of nitrogens with one attached hydrogen (secondary N) is 1. The first-order valence-corrected chi connectivity index (χ1v) is 13.4. The molecule has 3 aromatic rings. The van der Waals surface area contributed by atoms with Crippen LogP contribution in [0.25, 0.3) is 11.1 Å². The molecule has 0 aromatic heterocycles. The third-order valence-electron chi connectivity index (χ3n) is 6.48. The van der Waals surface area contributed by atoms with Crippen LogP contribution in [0.2, 0.25) is 0 Å². The number of hydrogen-bond donors (Lipinski definition) is 1. The molecule has 0 aliphatic heterocycles. The van der Waals surface area contributed by atoms with Crippen LogP contribution in [-0.4, -0.2) is 19.2 Å². The second-order valence-corrected chi connectivity index (χ2v) is 10.6. The maximum Gasteiger partial charge on any atom is 0.270 e. The Kier molecular flexibility index (Phi) is 7.84. The summed E-state index contributed by atoms with van der Waals surface area (Å²) in [5, 5.41) is 8.82. The lowest BCUT2D eigenvalue weighted by atomic mass is 9.88. The Morgan fingerprint density at radius 2 is 1.46 bits per heavy atom. The zero-order chi connectivity index (χ0) is 24.7. The van der Waals surface area contributed by atoms with Crippen LogP contribution < -0.4 is 4.72 Å². The smallest absolute Gasteiger partial charge is 0.270 e. The van der Waals surface area contributed by atoms with Crippen LogP contribution in [0.5, 0.6) is 0 Å². The van der Waals surface area contributed by atoms with Gasteiger partial charge in [-0.2, -0.15) is 5.26 Å². The monoisotopic (exact) mass is 487 g/mol. The van der Waals surface area contributed by atoms with Gasteiger partial charge in [-0.1, -0.05) is 92.1 Å². The fourth-order valence-corrected chi connectivity index (χ4v) is 5.65. The first-order valence-electron chi connectivity index (χ1n) is 11.9. The van der Waals surface area contributed by atoms with Crippen molar-refractivity contribution in [1.29, 1.82) is 5.26 Å². The van der Waals surface area contributed by atoms with Gasteiger partial charge in [0.1, 0.15) is 0 Å². The Morgan fingerprint density at radius 1 is 0.857 bits per heavy atom. The van der Waals surface area contributed by atoms with Gasteiger partial charge in [0.2, 0.25) is 5.91 Å².